The molecule has 380 valence electrons. The molecular weight excluding hydrogens is 805 g/mol. The Morgan fingerprint density at radius 2 is 0.554 bits per heavy atom. The summed E-state index contributed by atoms with van der Waals surface area (Å²) in [5.74, 6) is -0.866. The zero-order valence-corrected chi connectivity index (χ0v) is 43.5. The van der Waals surface area contributed by atoms with Crippen LogP contribution in [-0.4, -0.2) is 37.2 Å². The molecule has 1 unspecified atom stereocenters. The van der Waals surface area contributed by atoms with Crippen molar-refractivity contribution in [2.75, 3.05) is 13.2 Å². The number of esters is 3. The van der Waals surface area contributed by atoms with E-state index in [-0.39, 0.29) is 31.1 Å². The van der Waals surface area contributed by atoms with Crippen LogP contribution in [0.1, 0.15) is 303 Å². The van der Waals surface area contributed by atoms with Crippen molar-refractivity contribution >= 4 is 17.9 Å². The van der Waals surface area contributed by atoms with Gasteiger partial charge in [-0.3, -0.25) is 14.4 Å². The highest BCUT2D eigenvalue weighted by Crippen LogP contribution is 2.16. The van der Waals surface area contributed by atoms with Crippen molar-refractivity contribution < 1.29 is 28.6 Å². The molecule has 0 rings (SSSR count). The fourth-order valence-corrected chi connectivity index (χ4v) is 8.33. The van der Waals surface area contributed by atoms with Crippen molar-refractivity contribution in [1.29, 1.82) is 0 Å². The van der Waals surface area contributed by atoms with E-state index in [1.807, 2.05) is 0 Å². The highest BCUT2D eigenvalue weighted by atomic mass is 16.6. The van der Waals surface area contributed by atoms with Gasteiger partial charge in [0.1, 0.15) is 13.2 Å². The third kappa shape index (κ3) is 52.5. The minimum atomic E-state index is -0.764. The number of hydrogen-bond acceptors (Lipinski definition) is 6. The van der Waals surface area contributed by atoms with Gasteiger partial charge in [0.25, 0.3) is 0 Å². The van der Waals surface area contributed by atoms with Crippen molar-refractivity contribution in [1.82, 2.24) is 0 Å². The van der Waals surface area contributed by atoms with Gasteiger partial charge in [-0.05, 0) is 57.8 Å². The molecule has 0 spiro atoms. The number of carbonyl (C=O) groups excluding carboxylic acids is 3. The van der Waals surface area contributed by atoms with Crippen LogP contribution in [0.15, 0.2) is 36.5 Å². The molecule has 0 N–H and O–H groups in total. The van der Waals surface area contributed by atoms with Gasteiger partial charge in [-0.2, -0.15) is 0 Å². The summed E-state index contributed by atoms with van der Waals surface area (Å²) in [4.78, 5) is 37.7. The lowest BCUT2D eigenvalue weighted by atomic mass is 10.0. The largest absolute Gasteiger partial charge is 0.462 e. The Hall–Kier alpha value is -2.37. The molecule has 0 aromatic heterocycles. The predicted octanol–water partition coefficient (Wildman–Crippen LogP) is 18.9. The van der Waals surface area contributed by atoms with Crippen LogP contribution in [0.4, 0.5) is 0 Å². The molecule has 0 saturated heterocycles. The quantitative estimate of drug-likeness (QED) is 0.0262. The van der Waals surface area contributed by atoms with Gasteiger partial charge in [0.2, 0.25) is 0 Å². The zero-order chi connectivity index (χ0) is 47.2. The Bertz CT molecular complexity index is 1090. The molecule has 1 atom stereocenters. The number of hydrogen-bond donors (Lipinski definition) is 0. The fourth-order valence-electron chi connectivity index (χ4n) is 8.33. The molecule has 0 aromatic carbocycles. The van der Waals surface area contributed by atoms with E-state index in [9.17, 15) is 14.4 Å². The monoisotopic (exact) mass is 913 g/mol. The first-order valence-corrected chi connectivity index (χ1v) is 28.5. The van der Waals surface area contributed by atoms with Gasteiger partial charge in [-0.25, -0.2) is 0 Å². The van der Waals surface area contributed by atoms with E-state index in [0.717, 1.165) is 70.6 Å². The van der Waals surface area contributed by atoms with E-state index in [1.54, 1.807) is 0 Å². The lowest BCUT2D eigenvalue weighted by Crippen LogP contribution is -2.30. The third-order valence-electron chi connectivity index (χ3n) is 12.6. The van der Waals surface area contributed by atoms with Crippen LogP contribution in [0, 0.1) is 0 Å². The number of unbranched alkanes of at least 4 members (excludes halogenated alkanes) is 35. The van der Waals surface area contributed by atoms with Crippen molar-refractivity contribution in [3.05, 3.63) is 36.5 Å². The van der Waals surface area contributed by atoms with Gasteiger partial charge >= 0.3 is 17.9 Å². The molecule has 0 radical (unpaired) electrons. The molecule has 0 fully saturated rings. The first-order valence-electron chi connectivity index (χ1n) is 28.5. The molecule has 0 aliphatic rings. The highest BCUT2D eigenvalue weighted by Gasteiger charge is 2.19. The average molecular weight is 914 g/mol. The smallest absolute Gasteiger partial charge is 0.306 e. The Balaban J connectivity index is 3.99. The maximum absolute atomic E-state index is 12.7. The first-order chi connectivity index (χ1) is 32.0. The summed E-state index contributed by atoms with van der Waals surface area (Å²) in [6.07, 6.45) is 64.6. The zero-order valence-electron chi connectivity index (χ0n) is 43.5. The van der Waals surface area contributed by atoms with Gasteiger partial charge < -0.3 is 14.2 Å². The Kier molecular flexibility index (Phi) is 52.3. The molecule has 0 amide bonds. The molecule has 0 aliphatic heterocycles. The minimum absolute atomic E-state index is 0.0682. The van der Waals surface area contributed by atoms with Gasteiger partial charge in [0.15, 0.2) is 6.10 Å². The average Bonchev–Trinajstić information content (AvgIpc) is 3.30. The van der Waals surface area contributed by atoms with Crippen LogP contribution in [0.3, 0.4) is 0 Å². The van der Waals surface area contributed by atoms with Crippen LogP contribution in [-0.2, 0) is 28.6 Å². The van der Waals surface area contributed by atoms with Crippen molar-refractivity contribution in [3.8, 4) is 0 Å². The molecule has 0 saturated carbocycles. The molecule has 0 heterocycles. The fraction of sp³-hybridized carbons (Fsp3) is 0.847. The summed E-state index contributed by atoms with van der Waals surface area (Å²) < 4.78 is 16.7. The summed E-state index contributed by atoms with van der Waals surface area (Å²) in [6, 6.07) is 0. The molecule has 0 bridgehead atoms. The predicted molar refractivity (Wildman–Crippen MR) is 279 cm³/mol. The van der Waals surface area contributed by atoms with Gasteiger partial charge in [0, 0.05) is 19.3 Å². The molecule has 65 heavy (non-hydrogen) atoms. The summed E-state index contributed by atoms with van der Waals surface area (Å²) in [6.45, 7) is 6.59. The number of rotatable bonds is 52. The normalized spacial score (nSPS) is 12.2. The first kappa shape index (κ1) is 62.6. The standard InChI is InChI=1S/C59H108O6/c1-4-7-10-13-16-18-20-22-23-24-25-26-27-28-29-30-31-32-33-34-35-36-37-38-40-41-43-46-49-52-58(61)64-55-56(54-63-57(60)51-48-45-15-12-9-6-3)65-59(62)53-50-47-44-42-39-21-19-17-14-11-8-5-2/h20,22,24-25,27-28,56H,4-19,21,23,26,29-55H2,1-3H3/b22-20-,25-24-,28-27-. The number of carbonyl (C=O) groups is 3. The van der Waals surface area contributed by atoms with E-state index in [1.165, 1.54) is 193 Å². The van der Waals surface area contributed by atoms with Gasteiger partial charge in [-0.15, -0.1) is 0 Å². The van der Waals surface area contributed by atoms with E-state index < -0.39 is 6.10 Å². The highest BCUT2D eigenvalue weighted by molar-refractivity contribution is 5.71. The van der Waals surface area contributed by atoms with E-state index in [4.69, 9.17) is 14.2 Å². The van der Waals surface area contributed by atoms with Crippen molar-refractivity contribution in [3.63, 3.8) is 0 Å². The lowest BCUT2D eigenvalue weighted by molar-refractivity contribution is -0.167. The molecular formula is C59H108O6. The summed E-state index contributed by atoms with van der Waals surface area (Å²) >= 11 is 0. The second-order valence-electron chi connectivity index (χ2n) is 19.2. The minimum Gasteiger partial charge on any atom is -0.462 e. The molecule has 6 heteroatoms. The maximum Gasteiger partial charge on any atom is 0.306 e. The van der Waals surface area contributed by atoms with E-state index in [2.05, 4.69) is 57.2 Å². The Morgan fingerprint density at radius 1 is 0.308 bits per heavy atom. The van der Waals surface area contributed by atoms with Crippen LogP contribution < -0.4 is 0 Å². The molecule has 0 aromatic rings. The topological polar surface area (TPSA) is 78.9 Å². The van der Waals surface area contributed by atoms with Crippen LogP contribution >= 0.6 is 0 Å². The van der Waals surface area contributed by atoms with E-state index >= 15 is 0 Å². The Morgan fingerprint density at radius 3 is 0.862 bits per heavy atom. The summed E-state index contributed by atoms with van der Waals surface area (Å²) in [5.41, 5.74) is 0. The maximum atomic E-state index is 12.7. The lowest BCUT2D eigenvalue weighted by Gasteiger charge is -2.18. The van der Waals surface area contributed by atoms with Crippen LogP contribution in [0.5, 0.6) is 0 Å². The second kappa shape index (κ2) is 54.2. The van der Waals surface area contributed by atoms with Gasteiger partial charge in [-0.1, -0.05) is 263 Å². The Labute approximate surface area is 404 Å². The molecule has 0 aliphatic carbocycles. The molecule has 6 nitrogen and oxygen atoms in total. The van der Waals surface area contributed by atoms with E-state index in [0.29, 0.717) is 19.3 Å². The number of allylic oxidation sites excluding steroid dienone is 6. The van der Waals surface area contributed by atoms with Crippen LogP contribution in [0.2, 0.25) is 0 Å². The van der Waals surface area contributed by atoms with Crippen molar-refractivity contribution in [2.24, 2.45) is 0 Å². The summed E-state index contributed by atoms with van der Waals surface area (Å²) in [7, 11) is 0. The van der Waals surface area contributed by atoms with Crippen molar-refractivity contribution in [2.45, 2.75) is 309 Å². The van der Waals surface area contributed by atoms with Gasteiger partial charge in [0.05, 0.1) is 0 Å². The number of ether oxygens (including phenoxy) is 3. The SMILES string of the molecule is CCCCCCC/C=C\C/C=C\C/C=C\CCCCCCCCCCCCCCCCC(=O)OCC(COC(=O)CCCCCCCC)OC(=O)CCCCCCCCCCCCCC. The summed E-state index contributed by atoms with van der Waals surface area (Å²) in [5, 5.41) is 0. The van der Waals surface area contributed by atoms with Crippen LogP contribution in [0.25, 0.3) is 0 Å². The third-order valence-corrected chi connectivity index (χ3v) is 12.6. The second-order valence-corrected chi connectivity index (χ2v) is 19.2.